The van der Waals surface area contributed by atoms with Crippen LogP contribution in [-0.2, 0) is 4.79 Å². The van der Waals surface area contributed by atoms with E-state index in [0.29, 0.717) is 5.57 Å². The van der Waals surface area contributed by atoms with Crippen LogP contribution in [0.25, 0.3) is 28.6 Å². The van der Waals surface area contributed by atoms with Gasteiger partial charge in [-0.25, -0.2) is 4.68 Å². The van der Waals surface area contributed by atoms with Crippen LogP contribution in [0.4, 0.5) is 5.69 Å². The van der Waals surface area contributed by atoms with Crippen LogP contribution in [0.15, 0.2) is 85.3 Å². The van der Waals surface area contributed by atoms with E-state index in [1.165, 1.54) is 0 Å². The molecule has 5 rings (SSSR count). The smallest absolute Gasteiger partial charge is 0.256 e. The van der Waals surface area contributed by atoms with Crippen molar-refractivity contribution in [1.82, 2.24) is 14.8 Å². The molecule has 28 heavy (non-hydrogen) atoms. The van der Waals surface area contributed by atoms with Gasteiger partial charge in [0.25, 0.3) is 5.91 Å². The zero-order valence-electron chi connectivity index (χ0n) is 14.9. The first-order chi connectivity index (χ1) is 13.8. The monoisotopic (exact) mass is 364 g/mol. The molecule has 0 spiro atoms. The summed E-state index contributed by atoms with van der Waals surface area (Å²) in [6, 6.07) is 21.5. The Bertz CT molecular complexity index is 1190. The maximum Gasteiger partial charge on any atom is 0.256 e. The average molecular weight is 364 g/mol. The van der Waals surface area contributed by atoms with Crippen LogP contribution in [0.1, 0.15) is 11.1 Å². The molecule has 134 valence electrons. The lowest BCUT2D eigenvalue weighted by atomic mass is 10.0. The number of nitrogens with one attached hydrogen (secondary N) is 1. The Labute approximate surface area is 162 Å². The van der Waals surface area contributed by atoms with E-state index in [0.717, 1.165) is 33.8 Å². The number of benzene rings is 2. The highest BCUT2D eigenvalue weighted by molar-refractivity contribution is 6.35. The van der Waals surface area contributed by atoms with E-state index in [1.807, 2.05) is 83.7 Å². The fourth-order valence-electron chi connectivity index (χ4n) is 3.37. The minimum atomic E-state index is -0.106. The van der Waals surface area contributed by atoms with Crippen LogP contribution >= 0.6 is 0 Å². The molecule has 0 fully saturated rings. The van der Waals surface area contributed by atoms with E-state index >= 15 is 0 Å². The fourth-order valence-corrected chi connectivity index (χ4v) is 3.37. The summed E-state index contributed by atoms with van der Waals surface area (Å²) >= 11 is 0. The van der Waals surface area contributed by atoms with E-state index in [1.54, 1.807) is 12.4 Å². The molecule has 0 saturated carbocycles. The summed E-state index contributed by atoms with van der Waals surface area (Å²) in [5.41, 5.74) is 5.85. The minimum absolute atomic E-state index is 0.106. The number of carbonyl (C=O) groups excluding carboxylic acids is 1. The molecule has 5 nitrogen and oxygen atoms in total. The summed E-state index contributed by atoms with van der Waals surface area (Å²) in [7, 11) is 0. The second-order valence-electron chi connectivity index (χ2n) is 6.51. The highest BCUT2D eigenvalue weighted by atomic mass is 16.2. The molecule has 1 aliphatic heterocycles. The third kappa shape index (κ3) is 2.79. The van der Waals surface area contributed by atoms with Gasteiger partial charge in [-0.3, -0.25) is 9.78 Å². The number of rotatable bonds is 3. The Morgan fingerprint density at radius 1 is 0.929 bits per heavy atom. The molecule has 0 saturated heterocycles. The van der Waals surface area contributed by atoms with Gasteiger partial charge in [-0.1, -0.05) is 36.4 Å². The second kappa shape index (κ2) is 6.63. The number of hydrogen-bond donors (Lipinski definition) is 1. The summed E-state index contributed by atoms with van der Waals surface area (Å²) in [5, 5.41) is 7.69. The standard InChI is InChI=1S/C23H16N4O/c28-23-20(19-10-4-5-11-21(19)25-23)13-17-15-27(18-8-2-1-3-9-18)26-22(17)16-7-6-12-24-14-16/h1-15H,(H,25,28)/b20-13-. The van der Waals surface area contributed by atoms with Crippen molar-refractivity contribution in [2.24, 2.45) is 0 Å². The predicted octanol–water partition coefficient (Wildman–Crippen LogP) is 4.43. The van der Waals surface area contributed by atoms with Gasteiger partial charge in [-0.2, -0.15) is 5.10 Å². The van der Waals surface area contributed by atoms with Gasteiger partial charge in [0.05, 0.1) is 5.69 Å². The molecule has 3 heterocycles. The number of carbonyl (C=O) groups is 1. The zero-order valence-corrected chi connectivity index (χ0v) is 14.9. The maximum atomic E-state index is 12.5. The van der Waals surface area contributed by atoms with Crippen molar-refractivity contribution in [2.45, 2.75) is 0 Å². The van der Waals surface area contributed by atoms with Gasteiger partial charge in [-0.15, -0.1) is 0 Å². The largest absolute Gasteiger partial charge is 0.321 e. The van der Waals surface area contributed by atoms with Gasteiger partial charge in [0, 0.05) is 46.5 Å². The van der Waals surface area contributed by atoms with Gasteiger partial charge in [-0.05, 0) is 36.4 Å². The van der Waals surface area contributed by atoms with Gasteiger partial charge in [0.1, 0.15) is 5.69 Å². The van der Waals surface area contributed by atoms with E-state index < -0.39 is 0 Å². The number of aromatic nitrogens is 3. The van der Waals surface area contributed by atoms with Gasteiger partial charge in [0.2, 0.25) is 0 Å². The van der Waals surface area contributed by atoms with E-state index in [9.17, 15) is 4.79 Å². The topological polar surface area (TPSA) is 59.8 Å². The lowest BCUT2D eigenvalue weighted by Gasteiger charge is -2.00. The number of pyridine rings is 1. The molecule has 0 bridgehead atoms. The molecule has 2 aromatic carbocycles. The predicted molar refractivity (Wildman–Crippen MR) is 110 cm³/mol. The number of amides is 1. The van der Waals surface area contributed by atoms with Gasteiger partial charge >= 0.3 is 0 Å². The average Bonchev–Trinajstić information content (AvgIpc) is 3.31. The number of fused-ring (bicyclic) bond motifs is 1. The molecule has 0 atom stereocenters. The molecular formula is C23H16N4O. The van der Waals surface area contributed by atoms with Crippen molar-refractivity contribution in [3.8, 4) is 16.9 Å². The van der Waals surface area contributed by atoms with E-state index in [4.69, 9.17) is 5.10 Å². The van der Waals surface area contributed by atoms with Gasteiger partial charge < -0.3 is 5.32 Å². The molecule has 0 unspecified atom stereocenters. The van der Waals surface area contributed by atoms with Crippen LogP contribution in [-0.4, -0.2) is 20.7 Å². The lowest BCUT2D eigenvalue weighted by molar-refractivity contribution is -0.110. The summed E-state index contributed by atoms with van der Waals surface area (Å²) in [6.07, 6.45) is 7.35. The summed E-state index contributed by atoms with van der Waals surface area (Å²) in [6.45, 7) is 0. The summed E-state index contributed by atoms with van der Waals surface area (Å²) < 4.78 is 1.83. The number of para-hydroxylation sites is 2. The first kappa shape index (κ1) is 16.2. The summed E-state index contributed by atoms with van der Waals surface area (Å²) in [5.74, 6) is -0.106. The van der Waals surface area contributed by atoms with Crippen molar-refractivity contribution in [3.05, 3.63) is 96.4 Å². The van der Waals surface area contributed by atoms with Crippen LogP contribution < -0.4 is 5.32 Å². The van der Waals surface area contributed by atoms with Crippen molar-refractivity contribution >= 4 is 23.2 Å². The van der Waals surface area contributed by atoms with Gasteiger partial charge in [0.15, 0.2) is 0 Å². The van der Waals surface area contributed by atoms with Crippen molar-refractivity contribution in [3.63, 3.8) is 0 Å². The quantitative estimate of drug-likeness (QED) is 0.547. The maximum absolute atomic E-state index is 12.5. The van der Waals surface area contributed by atoms with Crippen LogP contribution in [0.5, 0.6) is 0 Å². The van der Waals surface area contributed by atoms with Crippen LogP contribution in [0, 0.1) is 0 Å². The van der Waals surface area contributed by atoms with E-state index in [2.05, 4.69) is 10.3 Å². The Hall–Kier alpha value is -3.99. The third-order valence-electron chi connectivity index (χ3n) is 4.71. The van der Waals surface area contributed by atoms with Crippen LogP contribution in [0.3, 0.4) is 0 Å². The Morgan fingerprint density at radius 3 is 2.57 bits per heavy atom. The van der Waals surface area contributed by atoms with Crippen LogP contribution in [0.2, 0.25) is 0 Å². The molecule has 2 aromatic heterocycles. The summed E-state index contributed by atoms with van der Waals surface area (Å²) in [4.78, 5) is 16.8. The van der Waals surface area contributed by atoms with Crippen molar-refractivity contribution in [2.75, 3.05) is 5.32 Å². The highest BCUT2D eigenvalue weighted by Crippen LogP contribution is 2.34. The zero-order chi connectivity index (χ0) is 18.9. The lowest BCUT2D eigenvalue weighted by Crippen LogP contribution is -2.03. The normalized spacial score (nSPS) is 14.1. The first-order valence-corrected chi connectivity index (χ1v) is 8.97. The first-order valence-electron chi connectivity index (χ1n) is 8.97. The molecule has 5 heteroatoms. The molecule has 4 aromatic rings. The Kier molecular flexibility index (Phi) is 3.84. The molecule has 0 aliphatic carbocycles. The van der Waals surface area contributed by atoms with Crippen molar-refractivity contribution in [1.29, 1.82) is 0 Å². The number of anilines is 1. The molecule has 1 N–H and O–H groups in total. The Morgan fingerprint density at radius 2 is 1.75 bits per heavy atom. The Balaban J connectivity index is 1.69. The molecule has 1 aliphatic rings. The SMILES string of the molecule is O=C1Nc2ccccc2/C1=C/c1cn(-c2ccccc2)nc1-c1cccnc1. The highest BCUT2D eigenvalue weighted by Gasteiger charge is 2.24. The molecule has 1 amide bonds. The second-order valence-corrected chi connectivity index (χ2v) is 6.51. The van der Waals surface area contributed by atoms with E-state index in [-0.39, 0.29) is 5.91 Å². The third-order valence-corrected chi connectivity index (χ3v) is 4.71. The number of nitrogens with zero attached hydrogens (tertiary/aromatic N) is 3. The number of hydrogen-bond acceptors (Lipinski definition) is 3. The van der Waals surface area contributed by atoms with Crippen molar-refractivity contribution < 1.29 is 4.79 Å². The minimum Gasteiger partial charge on any atom is -0.321 e. The molecule has 0 radical (unpaired) electrons. The molecular weight excluding hydrogens is 348 g/mol. The fraction of sp³-hybridized carbons (Fsp3) is 0.